The molecule has 0 amide bonds. The zero-order chi connectivity index (χ0) is 10.1. The molecule has 76 valence electrons. The van der Waals surface area contributed by atoms with Crippen LogP contribution in [-0.2, 0) is 0 Å². The fourth-order valence-electron chi connectivity index (χ4n) is 1.64. The summed E-state index contributed by atoms with van der Waals surface area (Å²) in [6, 6.07) is 1.95. The van der Waals surface area contributed by atoms with Gasteiger partial charge in [-0.2, -0.15) is 0 Å². The van der Waals surface area contributed by atoms with Crippen LogP contribution in [-0.4, -0.2) is 17.2 Å². The van der Waals surface area contributed by atoms with Gasteiger partial charge in [-0.05, 0) is 37.3 Å². The largest absolute Gasteiger partial charge is 0.481 e. The summed E-state index contributed by atoms with van der Waals surface area (Å²) in [7, 11) is 1.60. The maximum Gasteiger partial charge on any atom is 0.215 e. The molecule has 1 aromatic rings. The molecule has 1 unspecified atom stereocenters. The normalized spacial score (nSPS) is 17.9. The number of ether oxygens (including phenoxy) is 1. The highest BCUT2D eigenvalue weighted by Gasteiger charge is 2.31. The first-order chi connectivity index (χ1) is 6.72. The topological polar surface area (TPSA) is 42.4 Å². The Morgan fingerprint density at radius 2 is 2.29 bits per heavy atom. The summed E-state index contributed by atoms with van der Waals surface area (Å²) in [4.78, 5) is 4.15. The van der Waals surface area contributed by atoms with Crippen molar-refractivity contribution < 1.29 is 9.84 Å². The molecule has 0 aromatic carbocycles. The molecule has 1 fully saturated rings. The van der Waals surface area contributed by atoms with E-state index >= 15 is 0 Å². The molecule has 0 saturated heterocycles. The van der Waals surface area contributed by atoms with Gasteiger partial charge < -0.3 is 9.84 Å². The summed E-state index contributed by atoms with van der Waals surface area (Å²) >= 11 is 0. The van der Waals surface area contributed by atoms with E-state index in [9.17, 15) is 5.11 Å². The van der Waals surface area contributed by atoms with E-state index in [0.717, 1.165) is 24.0 Å². The van der Waals surface area contributed by atoms with Crippen molar-refractivity contribution >= 4 is 0 Å². The van der Waals surface area contributed by atoms with Crippen LogP contribution in [0.4, 0.5) is 0 Å². The minimum atomic E-state index is -0.341. The summed E-state index contributed by atoms with van der Waals surface area (Å²) in [5.74, 6) is 1.08. The highest BCUT2D eigenvalue weighted by atomic mass is 16.5. The number of hydrogen-bond donors (Lipinski definition) is 1. The van der Waals surface area contributed by atoms with Gasteiger partial charge in [0.2, 0.25) is 5.88 Å². The molecule has 0 aliphatic heterocycles. The molecule has 1 atom stereocenters. The highest BCUT2D eigenvalue weighted by Crippen LogP contribution is 2.41. The second kappa shape index (κ2) is 3.58. The highest BCUT2D eigenvalue weighted by molar-refractivity contribution is 5.30. The number of methoxy groups -OCH3 is 1. The predicted octanol–water partition coefficient (Wildman–Crippen LogP) is 1.84. The first kappa shape index (κ1) is 9.46. The van der Waals surface area contributed by atoms with Gasteiger partial charge in [0, 0.05) is 11.8 Å². The third-order valence-corrected chi connectivity index (χ3v) is 2.65. The summed E-state index contributed by atoms with van der Waals surface area (Å²) in [5.41, 5.74) is 1.88. The summed E-state index contributed by atoms with van der Waals surface area (Å²) in [6.07, 6.45) is 3.62. The van der Waals surface area contributed by atoms with Crippen LogP contribution in [0.1, 0.15) is 30.1 Å². The molecule has 3 heteroatoms. The lowest BCUT2D eigenvalue weighted by molar-refractivity contribution is 0.153. The Balaban J connectivity index is 2.22. The van der Waals surface area contributed by atoms with Gasteiger partial charge in [0.15, 0.2) is 0 Å². The third-order valence-electron chi connectivity index (χ3n) is 2.65. The van der Waals surface area contributed by atoms with E-state index in [1.807, 2.05) is 13.0 Å². The maximum atomic E-state index is 9.87. The summed E-state index contributed by atoms with van der Waals surface area (Å²) < 4.78 is 5.06. The standard InChI is InChI=1S/C11H15NO2/c1-7-5-9(6-12-11(7)14-2)10(13)8-3-4-8/h5-6,8,10,13H,3-4H2,1-2H3. The lowest BCUT2D eigenvalue weighted by Gasteiger charge is -2.11. The summed E-state index contributed by atoms with van der Waals surface area (Å²) in [6.45, 7) is 1.94. The van der Waals surface area contributed by atoms with E-state index in [1.165, 1.54) is 0 Å². The molecule has 14 heavy (non-hydrogen) atoms. The van der Waals surface area contributed by atoms with E-state index in [0.29, 0.717) is 11.8 Å². The van der Waals surface area contributed by atoms with Crippen molar-refractivity contribution in [3.05, 3.63) is 23.4 Å². The fourth-order valence-corrected chi connectivity index (χ4v) is 1.64. The SMILES string of the molecule is COc1ncc(C(O)C2CC2)cc1C. The first-order valence-electron chi connectivity index (χ1n) is 4.91. The first-order valence-corrected chi connectivity index (χ1v) is 4.91. The molecule has 0 spiro atoms. The van der Waals surface area contributed by atoms with Crippen molar-refractivity contribution in [2.45, 2.75) is 25.9 Å². The van der Waals surface area contributed by atoms with E-state index in [1.54, 1.807) is 13.3 Å². The van der Waals surface area contributed by atoms with Crippen LogP contribution in [0.25, 0.3) is 0 Å². The number of aliphatic hydroxyl groups is 1. The van der Waals surface area contributed by atoms with Gasteiger partial charge in [-0.3, -0.25) is 0 Å². The quantitative estimate of drug-likeness (QED) is 0.796. The van der Waals surface area contributed by atoms with Gasteiger partial charge in [0.05, 0.1) is 13.2 Å². The number of aryl methyl sites for hydroxylation is 1. The molecule has 0 radical (unpaired) electrons. The van der Waals surface area contributed by atoms with Crippen molar-refractivity contribution in [3.63, 3.8) is 0 Å². The number of aliphatic hydroxyl groups excluding tert-OH is 1. The Morgan fingerprint density at radius 1 is 1.57 bits per heavy atom. The number of pyridine rings is 1. The van der Waals surface area contributed by atoms with Gasteiger partial charge in [-0.15, -0.1) is 0 Å². The van der Waals surface area contributed by atoms with Gasteiger partial charge in [0.1, 0.15) is 0 Å². The molecular weight excluding hydrogens is 178 g/mol. The molecule has 1 saturated carbocycles. The van der Waals surface area contributed by atoms with E-state index in [2.05, 4.69) is 4.98 Å². The van der Waals surface area contributed by atoms with Gasteiger partial charge >= 0.3 is 0 Å². The zero-order valence-electron chi connectivity index (χ0n) is 8.53. The van der Waals surface area contributed by atoms with Crippen LogP contribution >= 0.6 is 0 Å². The average molecular weight is 193 g/mol. The van der Waals surface area contributed by atoms with Gasteiger partial charge in [0.25, 0.3) is 0 Å². The Kier molecular flexibility index (Phi) is 2.42. The van der Waals surface area contributed by atoms with Crippen LogP contribution in [0.3, 0.4) is 0 Å². The molecule has 1 aliphatic rings. The number of hydrogen-bond acceptors (Lipinski definition) is 3. The molecule has 1 aromatic heterocycles. The number of rotatable bonds is 3. The molecule has 1 heterocycles. The van der Waals surface area contributed by atoms with Gasteiger partial charge in [-0.1, -0.05) is 0 Å². The monoisotopic (exact) mass is 193 g/mol. The Bertz CT molecular complexity index is 334. The molecule has 3 nitrogen and oxygen atoms in total. The molecule has 1 aliphatic carbocycles. The maximum absolute atomic E-state index is 9.87. The minimum Gasteiger partial charge on any atom is -0.481 e. The van der Waals surface area contributed by atoms with Crippen molar-refractivity contribution in [2.75, 3.05) is 7.11 Å². The predicted molar refractivity (Wildman–Crippen MR) is 53.2 cm³/mol. The van der Waals surface area contributed by atoms with Crippen LogP contribution in [0, 0.1) is 12.8 Å². The Morgan fingerprint density at radius 3 is 2.79 bits per heavy atom. The van der Waals surface area contributed by atoms with Crippen LogP contribution in [0.15, 0.2) is 12.3 Å². The van der Waals surface area contributed by atoms with E-state index in [4.69, 9.17) is 4.74 Å². The van der Waals surface area contributed by atoms with Crippen LogP contribution < -0.4 is 4.74 Å². The minimum absolute atomic E-state index is 0.341. The van der Waals surface area contributed by atoms with Crippen molar-refractivity contribution in [1.82, 2.24) is 4.98 Å². The van der Waals surface area contributed by atoms with Crippen LogP contribution in [0.2, 0.25) is 0 Å². The summed E-state index contributed by atoms with van der Waals surface area (Å²) in [5, 5.41) is 9.87. The Hall–Kier alpha value is -1.09. The fraction of sp³-hybridized carbons (Fsp3) is 0.545. The van der Waals surface area contributed by atoms with E-state index < -0.39 is 0 Å². The lowest BCUT2D eigenvalue weighted by atomic mass is 10.1. The molecule has 1 N–H and O–H groups in total. The Labute approximate surface area is 83.7 Å². The molecule has 2 rings (SSSR count). The van der Waals surface area contributed by atoms with Crippen molar-refractivity contribution in [3.8, 4) is 5.88 Å². The number of nitrogens with zero attached hydrogens (tertiary/aromatic N) is 1. The van der Waals surface area contributed by atoms with Crippen molar-refractivity contribution in [2.24, 2.45) is 5.92 Å². The zero-order valence-corrected chi connectivity index (χ0v) is 8.53. The second-order valence-corrected chi connectivity index (χ2v) is 3.88. The lowest BCUT2D eigenvalue weighted by Crippen LogP contribution is -2.02. The van der Waals surface area contributed by atoms with Gasteiger partial charge in [-0.25, -0.2) is 4.98 Å². The molecule has 0 bridgehead atoms. The third kappa shape index (κ3) is 1.73. The average Bonchev–Trinajstić information content (AvgIpc) is 3.00. The second-order valence-electron chi connectivity index (χ2n) is 3.88. The molecular formula is C11H15NO2. The van der Waals surface area contributed by atoms with E-state index in [-0.39, 0.29) is 6.10 Å². The van der Waals surface area contributed by atoms with Crippen molar-refractivity contribution in [1.29, 1.82) is 0 Å². The number of aromatic nitrogens is 1. The van der Waals surface area contributed by atoms with Crippen LogP contribution in [0.5, 0.6) is 5.88 Å². The smallest absolute Gasteiger partial charge is 0.215 e.